The van der Waals surface area contributed by atoms with E-state index in [0.29, 0.717) is 4.47 Å². The predicted molar refractivity (Wildman–Crippen MR) is 80.1 cm³/mol. The standard InChI is InChI=1S/C14H11BrFNOS/c15-10-3-6-13(12(16)8-10)17-14(18)7-9-1-4-11(19)5-2-9/h1-6,8,19H,7H2,(H,17,18). The third kappa shape index (κ3) is 4.08. The van der Waals surface area contributed by atoms with Crippen molar-refractivity contribution in [3.63, 3.8) is 0 Å². The van der Waals surface area contributed by atoms with Gasteiger partial charge in [0.2, 0.25) is 5.91 Å². The number of rotatable bonds is 3. The van der Waals surface area contributed by atoms with Crippen molar-refractivity contribution in [2.45, 2.75) is 11.3 Å². The summed E-state index contributed by atoms with van der Waals surface area (Å²) in [6, 6.07) is 11.8. The molecule has 19 heavy (non-hydrogen) atoms. The van der Waals surface area contributed by atoms with E-state index >= 15 is 0 Å². The van der Waals surface area contributed by atoms with Crippen LogP contribution in [0.5, 0.6) is 0 Å². The zero-order chi connectivity index (χ0) is 13.8. The summed E-state index contributed by atoms with van der Waals surface area (Å²) in [4.78, 5) is 12.6. The van der Waals surface area contributed by atoms with Gasteiger partial charge in [-0.1, -0.05) is 28.1 Å². The summed E-state index contributed by atoms with van der Waals surface area (Å²) >= 11 is 7.33. The second-order valence-corrected chi connectivity index (χ2v) is 5.45. The van der Waals surface area contributed by atoms with Gasteiger partial charge in [0.1, 0.15) is 5.82 Å². The lowest BCUT2D eigenvalue weighted by molar-refractivity contribution is -0.115. The minimum Gasteiger partial charge on any atom is -0.323 e. The Morgan fingerprint density at radius 3 is 2.53 bits per heavy atom. The number of amides is 1. The van der Waals surface area contributed by atoms with E-state index in [1.54, 1.807) is 6.07 Å². The molecular formula is C14H11BrFNOS. The maximum Gasteiger partial charge on any atom is 0.228 e. The fourth-order valence-electron chi connectivity index (χ4n) is 1.58. The summed E-state index contributed by atoms with van der Waals surface area (Å²) in [7, 11) is 0. The highest BCUT2D eigenvalue weighted by Crippen LogP contribution is 2.19. The van der Waals surface area contributed by atoms with E-state index in [0.717, 1.165) is 10.5 Å². The number of nitrogens with one attached hydrogen (secondary N) is 1. The van der Waals surface area contributed by atoms with Gasteiger partial charge in [-0.2, -0.15) is 0 Å². The molecule has 0 heterocycles. The number of anilines is 1. The lowest BCUT2D eigenvalue weighted by atomic mass is 10.1. The quantitative estimate of drug-likeness (QED) is 0.811. The van der Waals surface area contributed by atoms with Gasteiger partial charge in [-0.3, -0.25) is 4.79 Å². The Kier molecular flexibility index (Phi) is 4.61. The molecule has 0 saturated carbocycles. The second-order valence-electron chi connectivity index (χ2n) is 4.02. The van der Waals surface area contributed by atoms with Crippen molar-refractivity contribution in [1.29, 1.82) is 0 Å². The lowest BCUT2D eigenvalue weighted by Crippen LogP contribution is -2.15. The molecule has 2 rings (SSSR count). The van der Waals surface area contributed by atoms with Crippen molar-refractivity contribution in [2.75, 3.05) is 5.32 Å². The molecule has 98 valence electrons. The van der Waals surface area contributed by atoms with Gasteiger partial charge in [-0.25, -0.2) is 4.39 Å². The van der Waals surface area contributed by atoms with Crippen LogP contribution in [0.4, 0.5) is 10.1 Å². The Morgan fingerprint density at radius 2 is 1.89 bits per heavy atom. The molecule has 0 aliphatic heterocycles. The normalized spacial score (nSPS) is 10.3. The molecule has 0 aliphatic rings. The molecule has 0 bridgehead atoms. The molecule has 0 saturated heterocycles. The molecule has 2 nitrogen and oxygen atoms in total. The van der Waals surface area contributed by atoms with Gasteiger partial charge >= 0.3 is 0 Å². The summed E-state index contributed by atoms with van der Waals surface area (Å²) in [5.41, 5.74) is 1.03. The Hall–Kier alpha value is -1.33. The molecule has 1 amide bonds. The number of benzene rings is 2. The fourth-order valence-corrected chi connectivity index (χ4v) is 2.07. The molecule has 1 N–H and O–H groups in total. The van der Waals surface area contributed by atoms with E-state index in [-0.39, 0.29) is 18.0 Å². The third-order valence-electron chi connectivity index (χ3n) is 2.51. The van der Waals surface area contributed by atoms with Crippen LogP contribution >= 0.6 is 28.6 Å². The van der Waals surface area contributed by atoms with E-state index in [1.165, 1.54) is 12.1 Å². The second kappa shape index (κ2) is 6.21. The molecular weight excluding hydrogens is 329 g/mol. The summed E-state index contributed by atoms with van der Waals surface area (Å²) < 4.78 is 14.2. The largest absolute Gasteiger partial charge is 0.323 e. The number of thiol groups is 1. The SMILES string of the molecule is O=C(Cc1ccc(S)cc1)Nc1ccc(Br)cc1F. The Balaban J connectivity index is 2.03. The highest BCUT2D eigenvalue weighted by Gasteiger charge is 2.08. The maximum atomic E-state index is 13.5. The number of carbonyl (C=O) groups excluding carboxylic acids is 1. The number of carbonyl (C=O) groups is 1. The van der Waals surface area contributed by atoms with Crippen molar-refractivity contribution >= 4 is 40.2 Å². The van der Waals surface area contributed by atoms with Crippen LogP contribution < -0.4 is 5.32 Å². The molecule has 0 aliphatic carbocycles. The smallest absolute Gasteiger partial charge is 0.228 e. The van der Waals surface area contributed by atoms with Gasteiger partial charge in [0.05, 0.1) is 12.1 Å². The van der Waals surface area contributed by atoms with E-state index in [1.807, 2.05) is 24.3 Å². The summed E-state index contributed by atoms with van der Waals surface area (Å²) in [5, 5.41) is 2.55. The molecule has 0 fully saturated rings. The Morgan fingerprint density at radius 1 is 1.21 bits per heavy atom. The average Bonchev–Trinajstić information content (AvgIpc) is 2.36. The van der Waals surface area contributed by atoms with Gasteiger partial charge in [0.15, 0.2) is 0 Å². The fraction of sp³-hybridized carbons (Fsp3) is 0.0714. The van der Waals surface area contributed by atoms with Crippen LogP contribution in [0.15, 0.2) is 51.8 Å². The van der Waals surface area contributed by atoms with Crippen molar-refractivity contribution in [3.05, 3.63) is 58.3 Å². The minimum atomic E-state index is -0.464. The number of hydrogen-bond donors (Lipinski definition) is 2. The summed E-state index contributed by atoms with van der Waals surface area (Å²) in [6.45, 7) is 0. The Labute approximate surface area is 124 Å². The number of halogens is 2. The monoisotopic (exact) mass is 339 g/mol. The minimum absolute atomic E-state index is 0.180. The van der Waals surface area contributed by atoms with Crippen LogP contribution in [0.3, 0.4) is 0 Å². The number of hydrogen-bond acceptors (Lipinski definition) is 2. The van der Waals surface area contributed by atoms with Crippen molar-refractivity contribution in [1.82, 2.24) is 0 Å². The highest BCUT2D eigenvalue weighted by molar-refractivity contribution is 9.10. The molecule has 2 aromatic carbocycles. The van der Waals surface area contributed by atoms with Crippen molar-refractivity contribution in [3.8, 4) is 0 Å². The summed E-state index contributed by atoms with van der Waals surface area (Å²) in [5.74, 6) is -0.721. The molecule has 0 unspecified atom stereocenters. The topological polar surface area (TPSA) is 29.1 Å². The molecule has 0 aromatic heterocycles. The van der Waals surface area contributed by atoms with E-state index in [2.05, 4.69) is 33.9 Å². The zero-order valence-electron chi connectivity index (χ0n) is 9.86. The maximum absolute atomic E-state index is 13.5. The molecule has 0 spiro atoms. The van der Waals surface area contributed by atoms with Crippen LogP contribution in [-0.2, 0) is 11.2 Å². The van der Waals surface area contributed by atoms with E-state index < -0.39 is 5.82 Å². The van der Waals surface area contributed by atoms with Gasteiger partial charge < -0.3 is 5.32 Å². The molecule has 5 heteroatoms. The first-order chi connectivity index (χ1) is 9.04. The molecule has 0 radical (unpaired) electrons. The van der Waals surface area contributed by atoms with Crippen LogP contribution in [0.2, 0.25) is 0 Å². The zero-order valence-corrected chi connectivity index (χ0v) is 12.3. The first kappa shape index (κ1) is 14.1. The van der Waals surface area contributed by atoms with Crippen LogP contribution in [0.1, 0.15) is 5.56 Å². The van der Waals surface area contributed by atoms with Gasteiger partial charge in [0, 0.05) is 9.37 Å². The van der Waals surface area contributed by atoms with Gasteiger partial charge in [0.25, 0.3) is 0 Å². The first-order valence-electron chi connectivity index (χ1n) is 5.57. The van der Waals surface area contributed by atoms with Crippen LogP contribution in [-0.4, -0.2) is 5.91 Å². The van der Waals surface area contributed by atoms with E-state index in [4.69, 9.17) is 0 Å². The van der Waals surface area contributed by atoms with Crippen molar-refractivity contribution in [2.24, 2.45) is 0 Å². The van der Waals surface area contributed by atoms with E-state index in [9.17, 15) is 9.18 Å². The first-order valence-corrected chi connectivity index (χ1v) is 6.81. The van der Waals surface area contributed by atoms with Gasteiger partial charge in [-0.15, -0.1) is 12.6 Å². The summed E-state index contributed by atoms with van der Waals surface area (Å²) in [6.07, 6.45) is 0.198. The lowest BCUT2D eigenvalue weighted by Gasteiger charge is -2.07. The third-order valence-corrected chi connectivity index (χ3v) is 3.30. The van der Waals surface area contributed by atoms with Crippen molar-refractivity contribution < 1.29 is 9.18 Å². The van der Waals surface area contributed by atoms with Gasteiger partial charge in [-0.05, 0) is 35.9 Å². The van der Waals surface area contributed by atoms with Crippen LogP contribution in [0.25, 0.3) is 0 Å². The molecule has 2 aromatic rings. The average molecular weight is 340 g/mol. The molecule has 0 atom stereocenters. The highest BCUT2D eigenvalue weighted by atomic mass is 79.9. The Bertz CT molecular complexity index is 601. The van der Waals surface area contributed by atoms with Crippen LogP contribution in [0, 0.1) is 5.82 Å². The predicted octanol–water partition coefficient (Wildman–Crippen LogP) is 4.06.